The molecule has 0 aromatic carbocycles. The minimum absolute atomic E-state index is 0. The van der Waals surface area contributed by atoms with Crippen molar-refractivity contribution < 1.29 is 165 Å². The zero-order chi connectivity index (χ0) is 61.2. The van der Waals surface area contributed by atoms with E-state index in [1.54, 1.807) is 111 Å². The van der Waals surface area contributed by atoms with E-state index in [0.29, 0.717) is 0 Å². The number of carboxylic acids is 4. The largest absolute Gasteiger partial charge is 4.00 e. The molecule has 75 heavy (non-hydrogen) atoms. The second-order valence-corrected chi connectivity index (χ2v) is 16.4. The topological polar surface area (TPSA) is 413 Å². The van der Waals surface area contributed by atoms with Crippen molar-refractivity contribution in [3.8, 4) is 0 Å². The number of hydrogen-bond donors (Lipinski definition) is 0. The molecule has 0 aliphatic rings. The summed E-state index contributed by atoms with van der Waals surface area (Å²) in [5.74, 6) is -10.9. The first-order valence-electron chi connectivity index (χ1n) is 22.8. The summed E-state index contributed by atoms with van der Waals surface area (Å²) in [5.41, 5.74) is 0. The number of allylic oxidation sites excluding steroid dienone is 4. The summed E-state index contributed by atoms with van der Waals surface area (Å²) in [6.07, 6.45) is 2.83. The van der Waals surface area contributed by atoms with Gasteiger partial charge in [0.15, 0.2) is 0 Å². The Morgan fingerprint density at radius 3 is 0.360 bits per heavy atom. The summed E-state index contributed by atoms with van der Waals surface area (Å²) >= 11 is 0. The van der Waals surface area contributed by atoms with E-state index in [9.17, 15) is 99.6 Å². The quantitative estimate of drug-likeness (QED) is 0.0810. The third kappa shape index (κ3) is 201. The summed E-state index contributed by atoms with van der Waals surface area (Å²) in [7, 11) is 0. The van der Waals surface area contributed by atoms with Gasteiger partial charge in [-0.25, -0.2) is 0 Å². The number of hydrogen-bond acceptors (Lipinski definition) is 20. The Morgan fingerprint density at radius 1 is 0.280 bits per heavy atom. The van der Waals surface area contributed by atoms with Crippen LogP contribution in [0.4, 0.5) is 0 Å². The molecule has 0 bridgehead atoms. The fourth-order valence-electron chi connectivity index (χ4n) is 2.38. The van der Waals surface area contributed by atoms with E-state index in [2.05, 4.69) is 26.3 Å². The molecule has 0 N–H and O–H groups in total. The third-order valence-electron chi connectivity index (χ3n) is 4.71. The van der Waals surface area contributed by atoms with Crippen LogP contribution < -0.4 is 61.3 Å². The van der Waals surface area contributed by atoms with Crippen molar-refractivity contribution in [3.05, 3.63) is 50.6 Å². The number of aliphatic carboxylic acids is 4. The normalized spacial score (nSPS) is 10.3. The fourth-order valence-corrected chi connectivity index (χ4v) is 2.38. The average Bonchev–Trinajstić information content (AvgIpc) is 3.12. The van der Waals surface area contributed by atoms with E-state index in [0.717, 1.165) is 0 Å². The Morgan fingerprint density at radius 2 is 0.347 bits per heavy atom. The summed E-state index contributed by atoms with van der Waals surface area (Å²) in [6.45, 7) is 44.0. The minimum Gasteiger partial charge on any atom is -0.852 e. The van der Waals surface area contributed by atoms with Gasteiger partial charge >= 0.3 is 65.2 Å². The summed E-state index contributed by atoms with van der Waals surface area (Å²) < 4.78 is 0. The molecule has 0 aliphatic carbocycles. The molecule has 20 nitrogen and oxygen atoms in total. The van der Waals surface area contributed by atoms with Crippen LogP contribution in [0.1, 0.15) is 164 Å². The molecule has 0 saturated carbocycles. The minimum atomic E-state index is -1.33. The van der Waals surface area contributed by atoms with Crippen LogP contribution in [0.3, 0.4) is 0 Å². The number of carboxylic acid groups (broad SMARTS) is 4. The van der Waals surface area contributed by atoms with Crippen LogP contribution in [0.25, 0.3) is 0 Å². The van der Waals surface area contributed by atoms with Gasteiger partial charge in [0, 0.05) is 0 Å². The van der Waals surface area contributed by atoms with E-state index in [1.165, 1.54) is 52.0 Å². The molecule has 432 valence electrons. The van der Waals surface area contributed by atoms with Crippen molar-refractivity contribution in [2.75, 3.05) is 0 Å². The number of ketones is 4. The molecule has 4 atom stereocenters. The van der Waals surface area contributed by atoms with Crippen molar-refractivity contribution in [1.82, 2.24) is 0 Å². The zero-order valence-corrected chi connectivity index (χ0v) is 53.2. The molecule has 0 rings (SSSR count). The zero-order valence-electron chi connectivity index (χ0n) is 48.6. The van der Waals surface area contributed by atoms with Crippen LogP contribution in [0.2, 0.25) is 0 Å². The number of carbonyl (C=O) groups excluding carboxylic acids is 8. The Labute approximate surface area is 495 Å². The maximum atomic E-state index is 10.5. The van der Waals surface area contributed by atoms with Crippen molar-refractivity contribution in [1.29, 1.82) is 0 Å². The van der Waals surface area contributed by atoms with E-state index in [1.807, 2.05) is 0 Å². The van der Waals surface area contributed by atoms with Crippen LogP contribution in [0, 0.1) is 23.7 Å². The summed E-state index contributed by atoms with van der Waals surface area (Å²) in [4.78, 5) is 82.6. The number of rotatable bonds is 16. The van der Waals surface area contributed by atoms with Gasteiger partial charge in [-0.3, -0.25) is 19.2 Å². The smallest absolute Gasteiger partial charge is 0.852 e. The standard InChI is InChI=1S/4C7H10O3.8C3H7O.3Ti/c4*1-3-4-6(5(2)8)7(9)10;8*1-3(2)4;;;/h4*3,6H,1,4H2,2H3,(H,9,10);8*3H,1-2H3;;;/q;;;;8*-1;3*+4/p-4. The van der Waals surface area contributed by atoms with Crippen LogP contribution in [0.5, 0.6) is 0 Å². The van der Waals surface area contributed by atoms with Crippen LogP contribution in [-0.4, -0.2) is 95.8 Å². The van der Waals surface area contributed by atoms with E-state index in [4.69, 9.17) is 0 Å². The van der Waals surface area contributed by atoms with Gasteiger partial charge in [0.1, 0.15) is 23.1 Å². The van der Waals surface area contributed by atoms with Gasteiger partial charge in [-0.1, -0.05) is 135 Å². The first-order chi connectivity index (χ1) is 32.2. The van der Waals surface area contributed by atoms with Gasteiger partial charge < -0.3 is 80.5 Å². The molecule has 0 aliphatic heterocycles. The molecule has 0 fully saturated rings. The number of Topliss-reactive ketones (excluding diaryl/α,β-unsaturated/α-hetero) is 4. The Kier molecular flexibility index (Phi) is 123. The molecule has 0 aromatic heterocycles. The molecule has 23 heteroatoms. The van der Waals surface area contributed by atoms with E-state index < -0.39 is 96.4 Å². The first-order valence-corrected chi connectivity index (χ1v) is 22.8. The molecule has 4 unspecified atom stereocenters. The van der Waals surface area contributed by atoms with Gasteiger partial charge in [-0.15, -0.1) is 75.1 Å². The maximum Gasteiger partial charge on any atom is 4.00 e. The molecular weight excluding hydrogens is 1090 g/mol. The molecule has 0 radical (unpaired) electrons. The van der Waals surface area contributed by atoms with Gasteiger partial charge in [-0.05, 0) is 53.4 Å². The second kappa shape index (κ2) is 82.7. The van der Waals surface area contributed by atoms with Gasteiger partial charge in [0.2, 0.25) is 0 Å². The molecule has 0 aromatic rings. The van der Waals surface area contributed by atoms with Crippen LogP contribution in [-0.2, 0) is 104 Å². The molecular formula is C52H92O20Ti3. The number of carbonyl (C=O) groups is 8. The molecule has 0 heterocycles. The predicted molar refractivity (Wildman–Crippen MR) is 257 cm³/mol. The summed E-state index contributed by atoms with van der Waals surface area (Å²) in [6, 6.07) is 0. The second-order valence-electron chi connectivity index (χ2n) is 16.4. The third-order valence-corrected chi connectivity index (χ3v) is 4.71. The van der Waals surface area contributed by atoms with Crippen LogP contribution >= 0.6 is 0 Å². The molecule has 0 amide bonds. The predicted octanol–water partition coefficient (Wildman–Crippen LogP) is -3.90. The first kappa shape index (κ1) is 112. The molecule has 0 spiro atoms. The maximum absolute atomic E-state index is 10.5. The Balaban J connectivity index is -0.0000000412. The van der Waals surface area contributed by atoms with Crippen molar-refractivity contribution in [3.63, 3.8) is 0 Å². The average molecular weight is 1180 g/mol. The van der Waals surface area contributed by atoms with Crippen molar-refractivity contribution in [2.24, 2.45) is 23.7 Å². The Bertz CT molecular complexity index is 1050. The van der Waals surface area contributed by atoms with E-state index in [-0.39, 0.29) is 114 Å². The summed E-state index contributed by atoms with van der Waals surface area (Å²) in [5, 5.41) is 117. The van der Waals surface area contributed by atoms with Gasteiger partial charge in [0.25, 0.3) is 0 Å². The van der Waals surface area contributed by atoms with Gasteiger partial charge in [0.05, 0.1) is 47.5 Å². The Hall–Kier alpha value is -2.66. The van der Waals surface area contributed by atoms with E-state index >= 15 is 0 Å². The fraction of sp³-hybridized carbons (Fsp3) is 0.692. The molecule has 0 saturated heterocycles. The SMILES string of the molecule is C=CCC(C(C)=O)C(=O)[O-].C=CCC(C(C)=O)C(=O)[O-].C=CCC(C(C)=O)C(=O)[O-].C=CCC(C(C)=O)C(=O)[O-].CC(C)[O-].CC(C)[O-].CC(C)[O-].CC(C)[O-].CC(C)[O-].CC(C)[O-].CC(C)[O-].CC(C)[O-].[Ti+4].[Ti+4].[Ti+4]. The van der Waals surface area contributed by atoms with Crippen LogP contribution in [0.15, 0.2) is 50.6 Å². The monoisotopic (exact) mass is 1180 g/mol. The van der Waals surface area contributed by atoms with Gasteiger partial charge in [-0.2, -0.15) is 0 Å². The van der Waals surface area contributed by atoms with Crippen molar-refractivity contribution in [2.45, 2.75) is 213 Å². The van der Waals surface area contributed by atoms with Crippen molar-refractivity contribution >= 4 is 47.0 Å².